The lowest BCUT2D eigenvalue weighted by molar-refractivity contribution is -0.139. The molecule has 0 saturated heterocycles. The van der Waals surface area contributed by atoms with Gasteiger partial charge in [0, 0.05) is 17.8 Å². The topological polar surface area (TPSA) is 60.8 Å². The van der Waals surface area contributed by atoms with E-state index in [0.717, 1.165) is 0 Å². The summed E-state index contributed by atoms with van der Waals surface area (Å²) >= 11 is 5.71. The Bertz CT molecular complexity index is 339. The monoisotopic (exact) mass is 229 g/mol. The molecule has 1 rings (SSSR count). The van der Waals surface area contributed by atoms with Gasteiger partial charge in [0.2, 0.25) is 0 Å². The Kier molecular flexibility index (Phi) is 3.94. The van der Waals surface area contributed by atoms with Crippen molar-refractivity contribution >= 4 is 23.3 Å². The van der Waals surface area contributed by atoms with E-state index in [4.69, 9.17) is 21.8 Å². The van der Waals surface area contributed by atoms with Gasteiger partial charge in [-0.25, -0.2) is 4.79 Å². The Morgan fingerprint density at radius 2 is 2.00 bits per heavy atom. The lowest BCUT2D eigenvalue weighted by Crippen LogP contribution is -2.41. The summed E-state index contributed by atoms with van der Waals surface area (Å²) in [4.78, 5) is 12.3. The molecule has 0 aliphatic heterocycles. The Morgan fingerprint density at radius 1 is 1.47 bits per heavy atom. The average molecular weight is 230 g/mol. The van der Waals surface area contributed by atoms with Crippen LogP contribution in [0.4, 0.5) is 5.69 Å². The quantitative estimate of drug-likeness (QED) is 0.815. The first-order valence-corrected chi connectivity index (χ1v) is 4.76. The fourth-order valence-electron chi connectivity index (χ4n) is 1.22. The van der Waals surface area contributed by atoms with Gasteiger partial charge < -0.3 is 15.1 Å². The van der Waals surface area contributed by atoms with Gasteiger partial charge in [-0.1, -0.05) is 11.6 Å². The van der Waals surface area contributed by atoms with Crippen molar-refractivity contribution in [1.29, 1.82) is 0 Å². The number of likely N-dealkylation sites (N-methyl/N-ethyl adjacent to an activating group) is 1. The average Bonchev–Trinajstić information content (AvgIpc) is 2.19. The van der Waals surface area contributed by atoms with Crippen molar-refractivity contribution in [2.75, 3.05) is 18.6 Å². The molecule has 0 saturated carbocycles. The summed E-state index contributed by atoms with van der Waals surface area (Å²) in [5, 5.41) is 18.4. The first-order valence-electron chi connectivity index (χ1n) is 4.38. The Morgan fingerprint density at radius 3 is 2.40 bits per heavy atom. The largest absolute Gasteiger partial charge is 0.480 e. The number of carboxylic acid groups (broad SMARTS) is 1. The standard InChI is InChI=1S/C10H12ClNO3/c1-12(9(6-13)10(14)15)8-4-2-7(11)3-5-8/h2-5,9,13H,6H2,1H3,(H,14,15). The maximum absolute atomic E-state index is 10.8. The zero-order chi connectivity index (χ0) is 11.4. The molecule has 0 amide bonds. The molecule has 4 nitrogen and oxygen atoms in total. The van der Waals surface area contributed by atoms with Gasteiger partial charge in [-0.15, -0.1) is 0 Å². The third kappa shape index (κ3) is 2.84. The van der Waals surface area contributed by atoms with Gasteiger partial charge in [0.15, 0.2) is 0 Å². The van der Waals surface area contributed by atoms with Crippen molar-refractivity contribution < 1.29 is 15.0 Å². The van der Waals surface area contributed by atoms with Gasteiger partial charge in [0.05, 0.1) is 6.61 Å². The highest BCUT2D eigenvalue weighted by Crippen LogP contribution is 2.18. The van der Waals surface area contributed by atoms with Gasteiger partial charge in [-0.3, -0.25) is 0 Å². The van der Waals surface area contributed by atoms with Crippen LogP contribution in [0.2, 0.25) is 5.02 Å². The number of rotatable bonds is 4. The van der Waals surface area contributed by atoms with Crippen LogP contribution in [0, 0.1) is 0 Å². The number of hydrogen-bond acceptors (Lipinski definition) is 3. The van der Waals surface area contributed by atoms with Crippen molar-refractivity contribution in [3.8, 4) is 0 Å². The summed E-state index contributed by atoms with van der Waals surface area (Å²) < 4.78 is 0. The van der Waals surface area contributed by atoms with E-state index >= 15 is 0 Å². The second-order valence-corrected chi connectivity index (χ2v) is 3.56. The Balaban J connectivity index is 2.87. The van der Waals surface area contributed by atoms with Crippen LogP contribution in [0.5, 0.6) is 0 Å². The molecular weight excluding hydrogens is 218 g/mol. The smallest absolute Gasteiger partial charge is 0.328 e. The predicted octanol–water partition coefficient (Wildman–Crippen LogP) is 1.22. The number of aliphatic hydroxyl groups is 1. The van der Waals surface area contributed by atoms with Crippen molar-refractivity contribution in [2.45, 2.75) is 6.04 Å². The summed E-state index contributed by atoms with van der Waals surface area (Å²) in [6, 6.07) is 5.81. The molecule has 1 aromatic rings. The number of aliphatic carboxylic acids is 1. The molecule has 2 N–H and O–H groups in total. The highest BCUT2D eigenvalue weighted by atomic mass is 35.5. The lowest BCUT2D eigenvalue weighted by Gasteiger charge is -2.25. The fraction of sp³-hybridized carbons (Fsp3) is 0.300. The van der Waals surface area contributed by atoms with E-state index in [2.05, 4.69) is 0 Å². The third-order valence-electron chi connectivity index (χ3n) is 2.16. The molecule has 1 unspecified atom stereocenters. The van der Waals surface area contributed by atoms with Gasteiger partial charge in [-0.2, -0.15) is 0 Å². The SMILES string of the molecule is CN(c1ccc(Cl)cc1)C(CO)C(=O)O. The number of benzene rings is 1. The van der Waals surface area contributed by atoms with Gasteiger partial charge in [-0.05, 0) is 24.3 Å². The molecular formula is C10H12ClNO3. The summed E-state index contributed by atoms with van der Waals surface area (Å²) in [6.07, 6.45) is 0. The van der Waals surface area contributed by atoms with Crippen molar-refractivity contribution in [1.82, 2.24) is 0 Å². The molecule has 0 fully saturated rings. The van der Waals surface area contributed by atoms with Crippen molar-refractivity contribution in [3.63, 3.8) is 0 Å². The first-order chi connectivity index (χ1) is 7.06. The van der Waals surface area contributed by atoms with E-state index in [1.807, 2.05) is 0 Å². The van der Waals surface area contributed by atoms with Crippen LogP contribution in [0.3, 0.4) is 0 Å². The van der Waals surface area contributed by atoms with Crippen LogP contribution in [-0.4, -0.2) is 35.9 Å². The molecule has 0 aliphatic carbocycles. The number of anilines is 1. The van der Waals surface area contributed by atoms with Gasteiger partial charge in [0.25, 0.3) is 0 Å². The second-order valence-electron chi connectivity index (χ2n) is 3.12. The van der Waals surface area contributed by atoms with Crippen LogP contribution >= 0.6 is 11.6 Å². The van der Waals surface area contributed by atoms with Crippen molar-refractivity contribution in [3.05, 3.63) is 29.3 Å². The number of nitrogens with zero attached hydrogens (tertiary/aromatic N) is 1. The van der Waals surface area contributed by atoms with Crippen molar-refractivity contribution in [2.24, 2.45) is 0 Å². The number of aliphatic hydroxyl groups excluding tert-OH is 1. The molecule has 0 radical (unpaired) electrons. The zero-order valence-electron chi connectivity index (χ0n) is 8.22. The molecule has 0 spiro atoms. The van der Waals surface area contributed by atoms with Crippen LogP contribution < -0.4 is 4.90 Å². The molecule has 5 heteroatoms. The van der Waals surface area contributed by atoms with E-state index in [1.165, 1.54) is 4.90 Å². The number of carboxylic acids is 1. The fourth-order valence-corrected chi connectivity index (χ4v) is 1.35. The minimum atomic E-state index is -1.06. The predicted molar refractivity (Wildman–Crippen MR) is 58.4 cm³/mol. The third-order valence-corrected chi connectivity index (χ3v) is 2.41. The molecule has 0 heterocycles. The number of carbonyl (C=O) groups is 1. The Hall–Kier alpha value is -1.26. The second kappa shape index (κ2) is 5.00. The molecule has 0 aliphatic rings. The highest BCUT2D eigenvalue weighted by Gasteiger charge is 2.21. The van der Waals surface area contributed by atoms with E-state index in [1.54, 1.807) is 31.3 Å². The van der Waals surface area contributed by atoms with Crippen LogP contribution in [0.1, 0.15) is 0 Å². The first kappa shape index (κ1) is 11.8. The summed E-state index contributed by atoms with van der Waals surface area (Å²) in [7, 11) is 1.61. The molecule has 15 heavy (non-hydrogen) atoms. The molecule has 0 aromatic heterocycles. The van der Waals surface area contributed by atoms with E-state index < -0.39 is 18.6 Å². The molecule has 1 aromatic carbocycles. The van der Waals surface area contributed by atoms with E-state index in [-0.39, 0.29) is 0 Å². The maximum Gasteiger partial charge on any atom is 0.328 e. The van der Waals surface area contributed by atoms with E-state index in [9.17, 15) is 4.79 Å². The minimum Gasteiger partial charge on any atom is -0.480 e. The number of halogens is 1. The Labute approximate surface area is 92.7 Å². The maximum atomic E-state index is 10.8. The molecule has 0 bridgehead atoms. The summed E-state index contributed by atoms with van der Waals surface area (Å²) in [6.45, 7) is -0.436. The lowest BCUT2D eigenvalue weighted by atomic mass is 10.2. The van der Waals surface area contributed by atoms with Crippen LogP contribution in [0.25, 0.3) is 0 Å². The number of hydrogen-bond donors (Lipinski definition) is 2. The zero-order valence-corrected chi connectivity index (χ0v) is 8.98. The molecule has 1 atom stereocenters. The van der Waals surface area contributed by atoms with E-state index in [0.29, 0.717) is 10.7 Å². The summed E-state index contributed by atoms with van der Waals surface area (Å²) in [5.41, 5.74) is 0.695. The highest BCUT2D eigenvalue weighted by molar-refractivity contribution is 6.30. The van der Waals surface area contributed by atoms with Gasteiger partial charge >= 0.3 is 5.97 Å². The van der Waals surface area contributed by atoms with Gasteiger partial charge in [0.1, 0.15) is 6.04 Å². The molecule has 82 valence electrons. The van der Waals surface area contributed by atoms with Crippen LogP contribution in [0.15, 0.2) is 24.3 Å². The normalized spacial score (nSPS) is 12.2. The summed E-state index contributed by atoms with van der Waals surface area (Å²) in [5.74, 6) is -1.06. The minimum absolute atomic E-state index is 0.436. The van der Waals surface area contributed by atoms with Crippen LogP contribution in [-0.2, 0) is 4.79 Å².